The summed E-state index contributed by atoms with van der Waals surface area (Å²) in [4.78, 5) is 11.0. The highest BCUT2D eigenvalue weighted by Gasteiger charge is 2.10. The van der Waals surface area contributed by atoms with E-state index in [-0.39, 0.29) is 5.97 Å². The minimum Gasteiger partial charge on any atom is -0.464 e. The largest absolute Gasteiger partial charge is 0.464 e. The number of ether oxygens (including phenoxy) is 1. The van der Waals surface area contributed by atoms with Crippen molar-refractivity contribution in [3.63, 3.8) is 0 Å². The van der Waals surface area contributed by atoms with Gasteiger partial charge in [-0.15, -0.1) is 0 Å². The van der Waals surface area contributed by atoms with Crippen molar-refractivity contribution in [1.29, 1.82) is 0 Å². The molecule has 0 spiro atoms. The van der Waals surface area contributed by atoms with Crippen LogP contribution in [-0.4, -0.2) is 29.4 Å². The van der Waals surface area contributed by atoms with Crippen LogP contribution in [0, 0.1) is 0 Å². The number of rotatable bonds is 3. The summed E-state index contributed by atoms with van der Waals surface area (Å²) < 4.78 is 6.06. The standard InChI is InChI=1S/C7H11N3O2/c1-12-7(11)6-2-4-9-10(6)5-3-8/h2,4H,3,5,8H2,1H3. The van der Waals surface area contributed by atoms with Crippen LogP contribution in [0.2, 0.25) is 0 Å². The van der Waals surface area contributed by atoms with Crippen LogP contribution in [0.3, 0.4) is 0 Å². The molecule has 1 heterocycles. The second-order valence-corrected chi connectivity index (χ2v) is 2.22. The molecule has 1 rings (SSSR count). The second kappa shape index (κ2) is 3.87. The predicted molar refractivity (Wildman–Crippen MR) is 42.6 cm³/mol. The fourth-order valence-corrected chi connectivity index (χ4v) is 0.911. The first-order valence-electron chi connectivity index (χ1n) is 3.59. The molecule has 66 valence electrons. The van der Waals surface area contributed by atoms with Crippen molar-refractivity contribution in [2.24, 2.45) is 5.73 Å². The molecule has 1 aromatic heterocycles. The number of carbonyl (C=O) groups excluding carboxylic acids is 1. The Hall–Kier alpha value is -1.36. The number of hydrogen-bond acceptors (Lipinski definition) is 4. The van der Waals surface area contributed by atoms with Crippen LogP contribution in [0.25, 0.3) is 0 Å². The normalized spacial score (nSPS) is 9.83. The number of esters is 1. The summed E-state index contributed by atoms with van der Waals surface area (Å²) in [7, 11) is 1.34. The molecule has 5 nitrogen and oxygen atoms in total. The van der Waals surface area contributed by atoms with Crippen LogP contribution in [0.15, 0.2) is 12.3 Å². The van der Waals surface area contributed by atoms with Crippen molar-refractivity contribution in [2.75, 3.05) is 13.7 Å². The monoisotopic (exact) mass is 169 g/mol. The van der Waals surface area contributed by atoms with Crippen LogP contribution in [0.5, 0.6) is 0 Å². The summed E-state index contributed by atoms with van der Waals surface area (Å²) in [6.07, 6.45) is 1.54. The van der Waals surface area contributed by atoms with E-state index in [1.807, 2.05) is 0 Å². The van der Waals surface area contributed by atoms with Gasteiger partial charge in [-0.2, -0.15) is 5.10 Å². The SMILES string of the molecule is COC(=O)c1ccnn1CCN. The summed E-state index contributed by atoms with van der Waals surface area (Å²) in [5, 5.41) is 3.91. The summed E-state index contributed by atoms with van der Waals surface area (Å²) in [5.41, 5.74) is 5.75. The zero-order chi connectivity index (χ0) is 8.97. The third-order valence-electron chi connectivity index (χ3n) is 1.45. The van der Waals surface area contributed by atoms with Gasteiger partial charge in [0.25, 0.3) is 0 Å². The summed E-state index contributed by atoms with van der Waals surface area (Å²) in [6.45, 7) is 0.975. The van der Waals surface area contributed by atoms with Crippen LogP contribution in [-0.2, 0) is 11.3 Å². The number of nitrogens with two attached hydrogens (primary N) is 1. The number of nitrogens with zero attached hydrogens (tertiary/aromatic N) is 2. The zero-order valence-electron chi connectivity index (χ0n) is 6.86. The van der Waals surface area contributed by atoms with Gasteiger partial charge >= 0.3 is 5.97 Å². The first kappa shape index (κ1) is 8.73. The van der Waals surface area contributed by atoms with E-state index < -0.39 is 0 Å². The van der Waals surface area contributed by atoms with Crippen molar-refractivity contribution in [3.8, 4) is 0 Å². The van der Waals surface area contributed by atoms with Crippen molar-refractivity contribution in [2.45, 2.75) is 6.54 Å². The highest BCUT2D eigenvalue weighted by atomic mass is 16.5. The fraction of sp³-hybridized carbons (Fsp3) is 0.429. The Kier molecular flexibility index (Phi) is 2.82. The van der Waals surface area contributed by atoms with E-state index in [1.165, 1.54) is 11.8 Å². The molecule has 0 aromatic carbocycles. The Labute approximate surface area is 70.1 Å². The lowest BCUT2D eigenvalue weighted by molar-refractivity contribution is 0.0586. The summed E-state index contributed by atoms with van der Waals surface area (Å²) in [6, 6.07) is 1.60. The van der Waals surface area contributed by atoms with Crippen molar-refractivity contribution < 1.29 is 9.53 Å². The Bertz CT molecular complexity index is 269. The van der Waals surface area contributed by atoms with Gasteiger partial charge in [-0.3, -0.25) is 4.68 Å². The maximum Gasteiger partial charge on any atom is 0.356 e. The number of carbonyl (C=O) groups is 1. The Balaban J connectivity index is 2.83. The lowest BCUT2D eigenvalue weighted by Gasteiger charge is -2.02. The number of aromatic nitrogens is 2. The summed E-state index contributed by atoms with van der Waals surface area (Å²) >= 11 is 0. The van der Waals surface area contributed by atoms with Crippen LogP contribution in [0.4, 0.5) is 0 Å². The van der Waals surface area contributed by atoms with Gasteiger partial charge in [-0.05, 0) is 6.07 Å². The maximum atomic E-state index is 11.0. The third kappa shape index (κ3) is 1.62. The molecule has 0 aliphatic heterocycles. The van der Waals surface area contributed by atoms with Gasteiger partial charge in [0.15, 0.2) is 0 Å². The van der Waals surface area contributed by atoms with Gasteiger partial charge in [0.2, 0.25) is 0 Å². The molecule has 5 heteroatoms. The van der Waals surface area contributed by atoms with Gasteiger partial charge < -0.3 is 10.5 Å². The molecule has 0 aliphatic rings. The first-order chi connectivity index (χ1) is 5.79. The Morgan fingerprint density at radius 1 is 1.83 bits per heavy atom. The highest BCUT2D eigenvalue weighted by Crippen LogP contribution is 1.99. The Morgan fingerprint density at radius 2 is 2.58 bits per heavy atom. The molecule has 0 unspecified atom stereocenters. The average molecular weight is 169 g/mol. The molecule has 0 saturated heterocycles. The number of hydrogen-bond donors (Lipinski definition) is 1. The minimum atomic E-state index is -0.388. The molecule has 2 N–H and O–H groups in total. The quantitative estimate of drug-likeness (QED) is 0.626. The van der Waals surface area contributed by atoms with E-state index >= 15 is 0 Å². The lowest BCUT2D eigenvalue weighted by Crippen LogP contribution is -2.17. The van der Waals surface area contributed by atoms with Gasteiger partial charge in [-0.25, -0.2) is 4.79 Å². The number of methoxy groups -OCH3 is 1. The lowest BCUT2D eigenvalue weighted by atomic mass is 10.4. The van der Waals surface area contributed by atoms with Crippen LogP contribution >= 0.6 is 0 Å². The zero-order valence-corrected chi connectivity index (χ0v) is 6.86. The molecular weight excluding hydrogens is 158 g/mol. The van der Waals surface area contributed by atoms with E-state index in [4.69, 9.17) is 5.73 Å². The average Bonchev–Trinajstić information content (AvgIpc) is 2.52. The minimum absolute atomic E-state index is 0.388. The molecule has 12 heavy (non-hydrogen) atoms. The highest BCUT2D eigenvalue weighted by molar-refractivity contribution is 5.87. The molecule has 0 amide bonds. The second-order valence-electron chi connectivity index (χ2n) is 2.22. The van der Waals surface area contributed by atoms with Gasteiger partial charge in [0.1, 0.15) is 5.69 Å². The van der Waals surface area contributed by atoms with E-state index in [1.54, 1.807) is 12.3 Å². The third-order valence-corrected chi connectivity index (χ3v) is 1.45. The molecular formula is C7H11N3O2. The molecule has 0 fully saturated rings. The van der Waals surface area contributed by atoms with Crippen molar-refractivity contribution in [3.05, 3.63) is 18.0 Å². The van der Waals surface area contributed by atoms with Crippen LogP contribution in [0.1, 0.15) is 10.5 Å². The van der Waals surface area contributed by atoms with Gasteiger partial charge in [0.05, 0.1) is 13.7 Å². The molecule has 0 bridgehead atoms. The summed E-state index contributed by atoms with van der Waals surface area (Å²) in [5.74, 6) is -0.388. The van der Waals surface area contributed by atoms with Crippen LogP contribution < -0.4 is 5.73 Å². The van der Waals surface area contributed by atoms with Crippen molar-refractivity contribution >= 4 is 5.97 Å². The van der Waals surface area contributed by atoms with Gasteiger partial charge in [-0.1, -0.05) is 0 Å². The van der Waals surface area contributed by atoms with Gasteiger partial charge in [0, 0.05) is 12.7 Å². The molecule has 0 aliphatic carbocycles. The van der Waals surface area contributed by atoms with Crippen molar-refractivity contribution in [1.82, 2.24) is 9.78 Å². The first-order valence-corrected chi connectivity index (χ1v) is 3.59. The maximum absolute atomic E-state index is 11.0. The van der Waals surface area contributed by atoms with E-state index in [0.29, 0.717) is 18.8 Å². The molecule has 0 radical (unpaired) electrons. The fourth-order valence-electron chi connectivity index (χ4n) is 0.911. The molecule has 0 saturated carbocycles. The molecule has 0 atom stereocenters. The van der Waals surface area contributed by atoms with E-state index in [0.717, 1.165) is 0 Å². The predicted octanol–water partition coefficient (Wildman–Crippen LogP) is -0.372. The van der Waals surface area contributed by atoms with E-state index in [9.17, 15) is 4.79 Å². The smallest absolute Gasteiger partial charge is 0.356 e. The van der Waals surface area contributed by atoms with E-state index in [2.05, 4.69) is 9.84 Å². The molecule has 1 aromatic rings. The Morgan fingerprint density at radius 3 is 3.17 bits per heavy atom. The topological polar surface area (TPSA) is 70.1 Å².